The summed E-state index contributed by atoms with van der Waals surface area (Å²) in [6.07, 6.45) is 13.0. The lowest BCUT2D eigenvalue weighted by atomic mass is 9.99. The monoisotopic (exact) mass is 182 g/mol. The number of benzene rings is 1. The van der Waals surface area contributed by atoms with E-state index in [2.05, 4.69) is 60.7 Å². The normalized spacial score (nSPS) is 24.1. The van der Waals surface area contributed by atoms with E-state index in [4.69, 9.17) is 0 Å². The molecule has 0 amide bonds. The van der Waals surface area contributed by atoms with Gasteiger partial charge in [-0.15, -0.1) is 0 Å². The molecule has 1 aromatic rings. The Kier molecular flexibility index (Phi) is 2.97. The minimum atomic E-state index is 1.13. The molecule has 1 aromatic carbocycles. The third-order valence-electron chi connectivity index (χ3n) is 2.38. The van der Waals surface area contributed by atoms with Crippen LogP contribution in [0.4, 0.5) is 0 Å². The van der Waals surface area contributed by atoms with Gasteiger partial charge in [0.05, 0.1) is 0 Å². The van der Waals surface area contributed by atoms with Crippen molar-refractivity contribution in [3.05, 3.63) is 66.3 Å². The number of hydrogen-bond donors (Lipinski definition) is 0. The minimum absolute atomic E-state index is 1.13. The van der Waals surface area contributed by atoms with E-state index < -0.39 is 0 Å². The summed E-state index contributed by atoms with van der Waals surface area (Å²) < 4.78 is 0. The number of rotatable bonds is 1. The van der Waals surface area contributed by atoms with Crippen molar-refractivity contribution in [1.29, 1.82) is 0 Å². The summed E-state index contributed by atoms with van der Waals surface area (Å²) in [5.41, 5.74) is 2.76. The minimum Gasteiger partial charge on any atom is -0.0842 e. The van der Waals surface area contributed by atoms with Crippen molar-refractivity contribution in [3.8, 4) is 0 Å². The van der Waals surface area contributed by atoms with Crippen LogP contribution in [0.5, 0.6) is 0 Å². The van der Waals surface area contributed by atoms with Crippen LogP contribution in [0, 0.1) is 0 Å². The van der Waals surface area contributed by atoms with E-state index in [1.54, 1.807) is 0 Å². The van der Waals surface area contributed by atoms with Crippen LogP contribution >= 0.6 is 0 Å². The fourth-order valence-electron chi connectivity index (χ4n) is 1.63. The molecule has 0 aromatic heterocycles. The third-order valence-corrected chi connectivity index (χ3v) is 2.38. The molecule has 0 bridgehead atoms. The molecular formula is C14H14. The molecule has 0 aliphatic heterocycles. The Morgan fingerprint density at radius 2 is 1.71 bits per heavy atom. The summed E-state index contributed by atoms with van der Waals surface area (Å²) in [6, 6.07) is 10.6. The van der Waals surface area contributed by atoms with Gasteiger partial charge in [-0.05, 0) is 24.0 Å². The lowest BCUT2D eigenvalue weighted by Crippen LogP contribution is -1.84. The maximum atomic E-state index is 2.21. The Morgan fingerprint density at radius 1 is 0.857 bits per heavy atom. The Hall–Kier alpha value is -1.56. The highest BCUT2D eigenvalue weighted by molar-refractivity contribution is 5.67. The van der Waals surface area contributed by atoms with Crippen LogP contribution < -0.4 is 0 Å². The molecule has 14 heavy (non-hydrogen) atoms. The Balaban J connectivity index is 2.26. The van der Waals surface area contributed by atoms with Crippen LogP contribution in [0.1, 0.15) is 18.4 Å². The molecule has 0 heterocycles. The molecule has 0 heteroatoms. The Morgan fingerprint density at radius 3 is 2.57 bits per heavy atom. The molecule has 0 spiro atoms. The molecule has 0 unspecified atom stereocenters. The van der Waals surface area contributed by atoms with E-state index in [1.165, 1.54) is 11.1 Å². The first-order chi connectivity index (χ1) is 6.97. The van der Waals surface area contributed by atoms with Crippen molar-refractivity contribution in [3.63, 3.8) is 0 Å². The molecule has 0 nitrogen and oxygen atoms in total. The molecule has 0 saturated heterocycles. The highest BCUT2D eigenvalue weighted by Crippen LogP contribution is 2.20. The largest absolute Gasteiger partial charge is 0.0842 e. The van der Waals surface area contributed by atoms with Crippen LogP contribution in [0.3, 0.4) is 0 Å². The molecule has 0 N–H and O–H groups in total. The fraction of sp³-hybridized carbons (Fsp3) is 0.143. The smallest absolute Gasteiger partial charge is 0.0224 e. The molecule has 0 radical (unpaired) electrons. The average Bonchev–Trinajstić information content (AvgIpc) is 2.18. The van der Waals surface area contributed by atoms with E-state index >= 15 is 0 Å². The van der Waals surface area contributed by atoms with Gasteiger partial charge < -0.3 is 0 Å². The van der Waals surface area contributed by atoms with E-state index in [1.807, 2.05) is 0 Å². The predicted molar refractivity (Wildman–Crippen MR) is 61.9 cm³/mol. The zero-order chi connectivity index (χ0) is 9.64. The summed E-state index contributed by atoms with van der Waals surface area (Å²) in [5.74, 6) is 0. The number of allylic oxidation sites excluding steroid dienone is 6. The van der Waals surface area contributed by atoms with Crippen LogP contribution in [0.2, 0.25) is 0 Å². The fourth-order valence-corrected chi connectivity index (χ4v) is 1.63. The van der Waals surface area contributed by atoms with Gasteiger partial charge in [-0.2, -0.15) is 0 Å². The van der Waals surface area contributed by atoms with Crippen molar-refractivity contribution < 1.29 is 0 Å². The third kappa shape index (κ3) is 2.23. The van der Waals surface area contributed by atoms with E-state index in [0.717, 1.165) is 12.8 Å². The molecule has 0 atom stereocenters. The van der Waals surface area contributed by atoms with Gasteiger partial charge in [0.2, 0.25) is 0 Å². The first kappa shape index (κ1) is 9.01. The van der Waals surface area contributed by atoms with Gasteiger partial charge in [0.25, 0.3) is 0 Å². The van der Waals surface area contributed by atoms with Gasteiger partial charge in [-0.1, -0.05) is 60.7 Å². The first-order valence-electron chi connectivity index (χ1n) is 5.04. The number of hydrogen-bond acceptors (Lipinski definition) is 0. The second kappa shape index (κ2) is 4.61. The predicted octanol–water partition coefficient (Wildman–Crippen LogP) is 3.98. The van der Waals surface area contributed by atoms with Crippen molar-refractivity contribution >= 4 is 5.57 Å². The lowest BCUT2D eigenvalue weighted by molar-refractivity contribution is 1.07. The second-order valence-electron chi connectivity index (χ2n) is 3.41. The van der Waals surface area contributed by atoms with Gasteiger partial charge in [-0.3, -0.25) is 0 Å². The van der Waals surface area contributed by atoms with Gasteiger partial charge >= 0.3 is 0 Å². The zero-order valence-corrected chi connectivity index (χ0v) is 8.19. The Labute approximate surface area is 85.3 Å². The molecule has 1 aliphatic rings. The maximum Gasteiger partial charge on any atom is -0.0224 e. The van der Waals surface area contributed by atoms with Crippen LogP contribution in [-0.4, -0.2) is 0 Å². The zero-order valence-electron chi connectivity index (χ0n) is 8.19. The first-order valence-corrected chi connectivity index (χ1v) is 5.04. The van der Waals surface area contributed by atoms with Crippen molar-refractivity contribution in [2.75, 3.05) is 0 Å². The van der Waals surface area contributed by atoms with Crippen LogP contribution in [0.25, 0.3) is 5.57 Å². The molecule has 70 valence electrons. The average molecular weight is 182 g/mol. The van der Waals surface area contributed by atoms with Crippen molar-refractivity contribution in [2.24, 2.45) is 0 Å². The van der Waals surface area contributed by atoms with Gasteiger partial charge in [-0.25, -0.2) is 0 Å². The summed E-state index contributed by atoms with van der Waals surface area (Å²) in [5, 5.41) is 0. The molecule has 0 fully saturated rings. The summed E-state index contributed by atoms with van der Waals surface area (Å²) in [7, 11) is 0. The van der Waals surface area contributed by atoms with Gasteiger partial charge in [0, 0.05) is 0 Å². The van der Waals surface area contributed by atoms with Gasteiger partial charge in [0.1, 0.15) is 0 Å². The lowest BCUT2D eigenvalue weighted by Gasteiger charge is -2.06. The second-order valence-corrected chi connectivity index (χ2v) is 3.41. The highest BCUT2D eigenvalue weighted by atomic mass is 14.0. The molecular weight excluding hydrogens is 168 g/mol. The van der Waals surface area contributed by atoms with Crippen molar-refractivity contribution in [2.45, 2.75) is 12.8 Å². The molecule has 1 aliphatic carbocycles. The van der Waals surface area contributed by atoms with Crippen LogP contribution in [0.15, 0.2) is 60.7 Å². The van der Waals surface area contributed by atoms with Crippen LogP contribution in [-0.2, 0) is 0 Å². The quantitative estimate of drug-likeness (QED) is 0.616. The van der Waals surface area contributed by atoms with Gasteiger partial charge in [0.15, 0.2) is 0 Å². The summed E-state index contributed by atoms with van der Waals surface area (Å²) in [6.45, 7) is 0. The molecule has 2 rings (SSSR count). The topological polar surface area (TPSA) is 0 Å². The molecule has 0 saturated carbocycles. The Bertz CT molecular complexity index is 366. The maximum absolute atomic E-state index is 2.21. The van der Waals surface area contributed by atoms with E-state index in [-0.39, 0.29) is 0 Å². The highest BCUT2D eigenvalue weighted by Gasteiger charge is 1.99. The standard InChI is InChI=1S/C14H14/c1-2-5-9-13(10-6-3-1)14-11-7-4-8-12-14/h1-5,7-9,11-12H,6,10H2/b3-1-,5-2-,13-9+. The van der Waals surface area contributed by atoms with Crippen molar-refractivity contribution in [1.82, 2.24) is 0 Å². The van der Waals surface area contributed by atoms with E-state index in [9.17, 15) is 0 Å². The summed E-state index contributed by atoms with van der Waals surface area (Å²) >= 11 is 0. The summed E-state index contributed by atoms with van der Waals surface area (Å²) in [4.78, 5) is 0. The van der Waals surface area contributed by atoms with E-state index in [0.29, 0.717) is 0 Å². The SMILES string of the molecule is C1=C\C=C(\c2ccccc2)CC\C=C/1.